The fourth-order valence-corrected chi connectivity index (χ4v) is 3.21. The van der Waals surface area contributed by atoms with E-state index in [1.165, 1.54) is 0 Å². The molecule has 0 spiro atoms. The van der Waals surface area contributed by atoms with Crippen LogP contribution in [0.1, 0.15) is 31.0 Å². The predicted octanol–water partition coefficient (Wildman–Crippen LogP) is 1.74. The Morgan fingerprint density at radius 1 is 1.00 bits per heavy atom. The average molecular weight is 384 g/mol. The van der Waals surface area contributed by atoms with Crippen molar-refractivity contribution in [1.29, 1.82) is 0 Å². The zero-order valence-corrected chi connectivity index (χ0v) is 17.2. The van der Waals surface area contributed by atoms with Crippen molar-refractivity contribution < 1.29 is 14.5 Å². The van der Waals surface area contributed by atoms with Crippen LogP contribution in [-0.2, 0) is 11.3 Å². The Labute approximate surface area is 167 Å². The van der Waals surface area contributed by atoms with Crippen molar-refractivity contribution in [3.8, 4) is 0 Å². The molecule has 2 atom stereocenters. The van der Waals surface area contributed by atoms with Gasteiger partial charge >= 0.3 is 6.03 Å². The predicted molar refractivity (Wildman–Crippen MR) is 112 cm³/mol. The molecule has 2 aromatic carbocycles. The van der Waals surface area contributed by atoms with E-state index in [9.17, 15) is 9.59 Å². The van der Waals surface area contributed by atoms with E-state index in [0.29, 0.717) is 13.1 Å². The molecule has 150 valence electrons. The van der Waals surface area contributed by atoms with Crippen molar-refractivity contribution in [2.75, 3.05) is 32.1 Å². The Kier molecular flexibility index (Phi) is 8.02. The number of urea groups is 1. The minimum Gasteiger partial charge on any atom is -0.378 e. The highest BCUT2D eigenvalue weighted by Crippen LogP contribution is 2.13. The van der Waals surface area contributed by atoms with Crippen molar-refractivity contribution in [1.82, 2.24) is 10.6 Å². The molecule has 0 radical (unpaired) electrons. The largest absolute Gasteiger partial charge is 0.378 e. The van der Waals surface area contributed by atoms with Crippen LogP contribution in [-0.4, -0.2) is 39.1 Å². The van der Waals surface area contributed by atoms with E-state index in [4.69, 9.17) is 0 Å². The van der Waals surface area contributed by atoms with Crippen LogP contribution in [0.3, 0.4) is 0 Å². The first-order valence-corrected chi connectivity index (χ1v) is 9.70. The summed E-state index contributed by atoms with van der Waals surface area (Å²) >= 11 is 0. The number of carbonyl (C=O) groups excluding carboxylic acids is 2. The summed E-state index contributed by atoms with van der Waals surface area (Å²) in [5.41, 5.74) is 3.18. The smallest absolute Gasteiger partial charge is 0.321 e. The van der Waals surface area contributed by atoms with Gasteiger partial charge in [-0.1, -0.05) is 42.5 Å². The summed E-state index contributed by atoms with van der Waals surface area (Å²) in [6.07, 6.45) is 0. The summed E-state index contributed by atoms with van der Waals surface area (Å²) < 4.78 is 0. The van der Waals surface area contributed by atoms with Gasteiger partial charge in [-0.2, -0.15) is 0 Å². The summed E-state index contributed by atoms with van der Waals surface area (Å²) in [4.78, 5) is 28.0. The fraction of sp³-hybridized carbons (Fsp3) is 0.364. The zero-order valence-electron chi connectivity index (χ0n) is 17.2. The van der Waals surface area contributed by atoms with Crippen LogP contribution in [0.15, 0.2) is 54.6 Å². The molecule has 0 fully saturated rings. The molecule has 3 amide bonds. The van der Waals surface area contributed by atoms with E-state index in [1.807, 2.05) is 51.4 Å². The van der Waals surface area contributed by atoms with Gasteiger partial charge in [0, 0.05) is 37.5 Å². The number of anilines is 1. The monoisotopic (exact) mass is 383 g/mol. The molecule has 28 heavy (non-hydrogen) atoms. The molecular weight excluding hydrogens is 352 g/mol. The molecule has 3 N–H and O–H groups in total. The molecule has 0 saturated carbocycles. The SMILES string of the molecule is CCNC(=O)NC(=O)[C@@H](c1ccccc1)[NH+](CC)Cc1ccc(N(C)C)cc1. The lowest BCUT2D eigenvalue weighted by molar-refractivity contribution is -0.933. The van der Waals surface area contributed by atoms with E-state index in [-0.39, 0.29) is 5.91 Å². The van der Waals surface area contributed by atoms with Crippen molar-refractivity contribution in [3.63, 3.8) is 0 Å². The second kappa shape index (κ2) is 10.5. The maximum Gasteiger partial charge on any atom is 0.321 e. The molecule has 0 aliphatic carbocycles. The van der Waals surface area contributed by atoms with E-state index < -0.39 is 12.1 Å². The molecule has 2 rings (SSSR count). The molecule has 0 heterocycles. The van der Waals surface area contributed by atoms with Gasteiger partial charge in [-0.15, -0.1) is 0 Å². The van der Waals surface area contributed by atoms with Crippen LogP contribution in [0.25, 0.3) is 0 Å². The molecule has 1 unspecified atom stereocenters. The Bertz CT molecular complexity index is 760. The number of imide groups is 1. The van der Waals surface area contributed by atoms with Crippen LogP contribution in [0, 0.1) is 0 Å². The third-order valence-corrected chi connectivity index (χ3v) is 4.72. The molecular formula is C22H31N4O2+. The molecule has 2 aromatic rings. The number of nitrogens with one attached hydrogen (secondary N) is 3. The Hall–Kier alpha value is -2.86. The summed E-state index contributed by atoms with van der Waals surface area (Å²) in [5, 5.41) is 5.11. The van der Waals surface area contributed by atoms with Crippen LogP contribution in [0.5, 0.6) is 0 Å². The first-order valence-electron chi connectivity index (χ1n) is 9.70. The number of hydrogen-bond donors (Lipinski definition) is 3. The number of rotatable bonds is 8. The number of hydrogen-bond acceptors (Lipinski definition) is 3. The van der Waals surface area contributed by atoms with Gasteiger partial charge in [0.05, 0.1) is 6.54 Å². The number of benzene rings is 2. The maximum atomic E-state index is 13.0. The number of nitrogens with zero attached hydrogens (tertiary/aromatic N) is 1. The Morgan fingerprint density at radius 2 is 1.64 bits per heavy atom. The van der Waals surface area contributed by atoms with Crippen LogP contribution in [0.2, 0.25) is 0 Å². The lowest BCUT2D eigenvalue weighted by Crippen LogP contribution is -3.12. The summed E-state index contributed by atoms with van der Waals surface area (Å²) in [7, 11) is 4.02. The van der Waals surface area contributed by atoms with E-state index in [0.717, 1.165) is 28.3 Å². The second-order valence-corrected chi connectivity index (χ2v) is 6.94. The van der Waals surface area contributed by atoms with Gasteiger partial charge < -0.3 is 15.1 Å². The molecule has 6 nitrogen and oxygen atoms in total. The van der Waals surface area contributed by atoms with Crippen molar-refractivity contribution in [2.45, 2.75) is 26.4 Å². The van der Waals surface area contributed by atoms with Crippen molar-refractivity contribution in [3.05, 3.63) is 65.7 Å². The van der Waals surface area contributed by atoms with E-state index in [2.05, 4.69) is 46.7 Å². The molecule has 6 heteroatoms. The third-order valence-electron chi connectivity index (χ3n) is 4.72. The Balaban J connectivity index is 2.26. The number of likely N-dealkylation sites (N-methyl/N-ethyl adjacent to an activating group) is 1. The summed E-state index contributed by atoms with van der Waals surface area (Å²) in [5.74, 6) is -0.293. The minimum atomic E-state index is -0.470. The Morgan fingerprint density at radius 3 is 2.18 bits per heavy atom. The molecule has 0 aromatic heterocycles. The molecule has 0 aliphatic rings. The quantitative estimate of drug-likeness (QED) is 0.651. The topological polar surface area (TPSA) is 65.9 Å². The highest BCUT2D eigenvalue weighted by atomic mass is 16.2. The minimum absolute atomic E-state index is 0.293. The van der Waals surface area contributed by atoms with Gasteiger partial charge in [0.15, 0.2) is 6.04 Å². The molecule has 0 aliphatic heterocycles. The highest BCUT2D eigenvalue weighted by molar-refractivity contribution is 5.96. The van der Waals surface area contributed by atoms with Gasteiger partial charge in [0.2, 0.25) is 0 Å². The van der Waals surface area contributed by atoms with Gasteiger partial charge in [0.25, 0.3) is 5.91 Å². The van der Waals surface area contributed by atoms with Crippen LogP contribution >= 0.6 is 0 Å². The molecule has 0 saturated heterocycles. The first kappa shape index (κ1) is 21.4. The standard InChI is InChI=1S/C22H30N4O2/c1-5-23-22(28)24-21(27)20(18-10-8-7-9-11-18)26(6-2)16-17-12-14-19(15-13-17)25(3)4/h7-15,20H,5-6,16H2,1-4H3,(H2,23,24,27,28)/p+1/t20-/m1/s1. The fourth-order valence-electron chi connectivity index (χ4n) is 3.21. The highest BCUT2D eigenvalue weighted by Gasteiger charge is 2.31. The third kappa shape index (κ3) is 5.82. The van der Waals surface area contributed by atoms with Crippen LogP contribution in [0.4, 0.5) is 10.5 Å². The summed E-state index contributed by atoms with van der Waals surface area (Å²) in [6, 6.07) is 17.0. The van der Waals surface area contributed by atoms with Gasteiger partial charge in [-0.3, -0.25) is 10.1 Å². The molecule has 0 bridgehead atoms. The van der Waals surface area contributed by atoms with Gasteiger partial charge in [-0.25, -0.2) is 4.79 Å². The van der Waals surface area contributed by atoms with Gasteiger partial charge in [0.1, 0.15) is 6.54 Å². The second-order valence-electron chi connectivity index (χ2n) is 6.94. The number of quaternary nitrogens is 1. The number of amides is 3. The lowest BCUT2D eigenvalue weighted by Gasteiger charge is -2.27. The van der Waals surface area contributed by atoms with E-state index in [1.54, 1.807) is 0 Å². The van der Waals surface area contributed by atoms with Crippen molar-refractivity contribution >= 4 is 17.6 Å². The van der Waals surface area contributed by atoms with E-state index >= 15 is 0 Å². The number of carbonyl (C=O) groups is 2. The average Bonchev–Trinajstić information content (AvgIpc) is 2.68. The van der Waals surface area contributed by atoms with Crippen LogP contribution < -0.4 is 20.4 Å². The summed E-state index contributed by atoms with van der Waals surface area (Å²) in [6.45, 7) is 5.78. The van der Waals surface area contributed by atoms with Crippen molar-refractivity contribution in [2.24, 2.45) is 0 Å². The maximum absolute atomic E-state index is 13.0. The first-order chi connectivity index (χ1) is 13.5. The zero-order chi connectivity index (χ0) is 20.5. The lowest BCUT2D eigenvalue weighted by atomic mass is 10.0. The normalized spacial score (nSPS) is 12.7. The van der Waals surface area contributed by atoms with Gasteiger partial charge in [-0.05, 0) is 26.0 Å².